The minimum absolute atomic E-state index is 0.175. The van der Waals surface area contributed by atoms with Crippen LogP contribution in [0.15, 0.2) is 0 Å². The Kier molecular flexibility index (Phi) is 11.3. The summed E-state index contributed by atoms with van der Waals surface area (Å²) in [6.07, 6.45) is 0. The van der Waals surface area contributed by atoms with Crippen molar-refractivity contribution in [3.8, 4) is 0 Å². The van der Waals surface area contributed by atoms with Crippen LogP contribution >= 0.6 is 0 Å². The van der Waals surface area contributed by atoms with E-state index in [4.69, 9.17) is 5.73 Å². The van der Waals surface area contributed by atoms with Gasteiger partial charge in [-0.3, -0.25) is 28.8 Å². The number of carbonyl (C=O) groups excluding carboxylic acids is 5. The predicted molar refractivity (Wildman–Crippen MR) is 173 cm³/mol. The predicted octanol–water partition coefficient (Wildman–Crippen LogP) is -7.86. The molecule has 0 aromatic carbocycles. The van der Waals surface area contributed by atoms with E-state index < -0.39 is 65.8 Å². The van der Waals surface area contributed by atoms with Gasteiger partial charge in [0.25, 0.3) is 0 Å². The topological polar surface area (TPSA) is 281 Å². The lowest BCUT2D eigenvalue weighted by atomic mass is 9.96. The van der Waals surface area contributed by atoms with Crippen LogP contribution in [0.25, 0.3) is 0 Å². The number of hydrogen-bond acceptors (Lipinski definition) is 13. The second kappa shape index (κ2) is 15.6. The molecule has 0 aliphatic carbocycles. The van der Waals surface area contributed by atoms with E-state index in [0.29, 0.717) is 72.0 Å². The third-order valence-corrected chi connectivity index (χ3v) is 11.0. The third kappa shape index (κ3) is 7.97. The summed E-state index contributed by atoms with van der Waals surface area (Å²) < 4.78 is 0. The highest BCUT2D eigenvalue weighted by atomic mass is 16.4. The van der Waals surface area contributed by atoms with E-state index in [9.17, 15) is 33.9 Å². The fourth-order valence-electron chi connectivity index (χ4n) is 7.95. The largest absolute Gasteiger partial charge is 0.481 e. The molecule has 49 heavy (non-hydrogen) atoms. The second-order valence-corrected chi connectivity index (χ2v) is 14.2. The summed E-state index contributed by atoms with van der Waals surface area (Å²) in [5.74, 6) is -5.58. The SMILES string of the molecule is NC1CNCC1C(=O)NC1CNCC1C(=O)NC1CNCC1C(=O)NC1CNCC1C(=O)NC1CNCC1C(=O)NC1CNCC1C(=O)O. The van der Waals surface area contributed by atoms with Crippen molar-refractivity contribution in [2.45, 2.75) is 36.3 Å². The van der Waals surface area contributed by atoms with Gasteiger partial charge in [-0.2, -0.15) is 0 Å². The van der Waals surface area contributed by atoms with Gasteiger partial charge >= 0.3 is 5.97 Å². The highest BCUT2D eigenvalue weighted by Crippen LogP contribution is 2.19. The van der Waals surface area contributed by atoms with Gasteiger partial charge in [-0.05, 0) is 0 Å². The Morgan fingerprint density at radius 3 is 0.918 bits per heavy atom. The fourth-order valence-corrected chi connectivity index (χ4v) is 7.95. The quantitative estimate of drug-likeness (QED) is 0.0960. The van der Waals surface area contributed by atoms with E-state index in [1.807, 2.05) is 0 Å². The second-order valence-electron chi connectivity index (χ2n) is 14.2. The van der Waals surface area contributed by atoms with E-state index >= 15 is 0 Å². The first-order chi connectivity index (χ1) is 23.6. The van der Waals surface area contributed by atoms with Crippen molar-refractivity contribution in [2.75, 3.05) is 78.5 Å². The molecular formula is C30H50N12O7. The highest BCUT2D eigenvalue weighted by Gasteiger charge is 2.44. The molecule has 6 rings (SSSR count). The first-order valence-electron chi connectivity index (χ1n) is 17.3. The van der Waals surface area contributed by atoms with Crippen LogP contribution in [0.3, 0.4) is 0 Å². The average molecular weight is 691 g/mol. The lowest BCUT2D eigenvalue weighted by Crippen LogP contribution is -2.55. The molecule has 6 fully saturated rings. The summed E-state index contributed by atoms with van der Waals surface area (Å²) in [4.78, 5) is 77.8. The van der Waals surface area contributed by atoms with Crippen LogP contribution < -0.4 is 64.2 Å². The number of aliphatic carboxylic acids is 1. The van der Waals surface area contributed by atoms with Crippen molar-refractivity contribution in [1.82, 2.24) is 58.5 Å². The van der Waals surface area contributed by atoms with E-state index in [-0.39, 0.29) is 48.0 Å². The van der Waals surface area contributed by atoms with Crippen LogP contribution in [0.1, 0.15) is 0 Å². The van der Waals surface area contributed by atoms with E-state index in [1.54, 1.807) is 0 Å². The summed E-state index contributed by atoms with van der Waals surface area (Å²) in [6.45, 7) is 4.76. The molecule has 0 spiro atoms. The Hall–Kier alpha value is -3.46. The van der Waals surface area contributed by atoms with Crippen LogP contribution in [-0.2, 0) is 28.8 Å². The van der Waals surface area contributed by atoms with Crippen LogP contribution in [0.5, 0.6) is 0 Å². The Balaban J connectivity index is 0.991. The number of nitrogens with two attached hydrogens (primary N) is 1. The minimum atomic E-state index is -0.975. The van der Waals surface area contributed by atoms with Crippen molar-refractivity contribution >= 4 is 35.5 Å². The third-order valence-electron chi connectivity index (χ3n) is 11.0. The summed E-state index contributed by atoms with van der Waals surface area (Å²) >= 11 is 0. The molecule has 14 N–H and O–H groups in total. The molecule has 6 heterocycles. The summed E-state index contributed by atoms with van der Waals surface area (Å²) in [6, 6.07) is -2.67. The van der Waals surface area contributed by atoms with Gasteiger partial charge in [0.05, 0.1) is 65.7 Å². The lowest BCUT2D eigenvalue weighted by molar-refractivity contribution is -0.142. The van der Waals surface area contributed by atoms with E-state index in [0.717, 1.165) is 0 Å². The molecule has 272 valence electrons. The zero-order valence-electron chi connectivity index (χ0n) is 27.4. The molecular weight excluding hydrogens is 640 g/mol. The molecule has 12 atom stereocenters. The normalized spacial score (nSPS) is 38.6. The summed E-state index contributed by atoms with van der Waals surface area (Å²) in [5.41, 5.74) is 6.05. The van der Waals surface area contributed by atoms with Gasteiger partial charge in [-0.1, -0.05) is 0 Å². The fraction of sp³-hybridized carbons (Fsp3) is 0.800. The molecule has 6 aliphatic heterocycles. The maximum atomic E-state index is 13.5. The number of rotatable bonds is 11. The molecule has 5 amide bonds. The monoisotopic (exact) mass is 690 g/mol. The number of carboxylic acids is 1. The van der Waals surface area contributed by atoms with Crippen LogP contribution in [-0.4, -0.2) is 155 Å². The average Bonchev–Trinajstić information content (AvgIpc) is 3.89. The van der Waals surface area contributed by atoms with Gasteiger partial charge in [0, 0.05) is 84.6 Å². The van der Waals surface area contributed by atoms with Crippen LogP contribution in [0.4, 0.5) is 0 Å². The van der Waals surface area contributed by atoms with E-state index in [1.165, 1.54) is 0 Å². The number of hydrogen-bond donors (Lipinski definition) is 13. The number of carbonyl (C=O) groups is 6. The van der Waals surface area contributed by atoms with Crippen molar-refractivity contribution in [1.29, 1.82) is 0 Å². The Morgan fingerprint density at radius 1 is 0.388 bits per heavy atom. The molecule has 0 bridgehead atoms. The number of nitrogens with one attached hydrogen (secondary N) is 11. The Bertz CT molecular complexity index is 1290. The van der Waals surface area contributed by atoms with Gasteiger partial charge in [0.15, 0.2) is 0 Å². The molecule has 19 heteroatoms. The summed E-state index contributed by atoms with van der Waals surface area (Å²) in [5, 5.41) is 43.1. The van der Waals surface area contributed by atoms with Gasteiger partial charge in [0.1, 0.15) is 0 Å². The molecule has 19 nitrogen and oxygen atoms in total. The lowest BCUT2D eigenvalue weighted by Gasteiger charge is -2.27. The van der Waals surface area contributed by atoms with E-state index in [2.05, 4.69) is 58.5 Å². The molecule has 0 radical (unpaired) electrons. The maximum absolute atomic E-state index is 13.5. The van der Waals surface area contributed by atoms with Gasteiger partial charge in [-0.15, -0.1) is 0 Å². The van der Waals surface area contributed by atoms with Crippen LogP contribution in [0.2, 0.25) is 0 Å². The van der Waals surface area contributed by atoms with Crippen molar-refractivity contribution in [3.63, 3.8) is 0 Å². The van der Waals surface area contributed by atoms with Crippen LogP contribution in [0, 0.1) is 35.5 Å². The summed E-state index contributed by atoms with van der Waals surface area (Å²) in [7, 11) is 0. The highest BCUT2D eigenvalue weighted by molar-refractivity contribution is 5.87. The van der Waals surface area contributed by atoms with Crippen molar-refractivity contribution < 1.29 is 33.9 Å². The zero-order valence-corrected chi connectivity index (χ0v) is 27.4. The Morgan fingerprint density at radius 2 is 0.633 bits per heavy atom. The van der Waals surface area contributed by atoms with Gasteiger partial charge in [-0.25, -0.2) is 0 Å². The molecule has 12 unspecified atom stereocenters. The Labute approximate surface area is 283 Å². The standard InChI is InChI=1S/C30H50N12O7/c31-19-7-32-1-13(19)25(43)38-20-8-33-2-14(20)26(44)39-21-9-34-3-15(21)27(45)40-22-10-35-4-16(22)28(46)41-23-11-36-5-17(23)29(47)42-24-12-37-6-18(24)30(48)49/h13-24,32-37H,1-12,31H2,(H,38,43)(H,39,44)(H,40,45)(H,41,46)(H,42,47)(H,48,49). The van der Waals surface area contributed by atoms with Gasteiger partial charge in [0.2, 0.25) is 29.5 Å². The zero-order chi connectivity index (χ0) is 34.7. The van der Waals surface area contributed by atoms with Crippen molar-refractivity contribution in [2.24, 2.45) is 41.2 Å². The molecule has 6 saturated heterocycles. The van der Waals surface area contributed by atoms with Crippen molar-refractivity contribution in [3.05, 3.63) is 0 Å². The number of carboxylic acid groups (broad SMARTS) is 1. The minimum Gasteiger partial charge on any atom is -0.481 e. The molecule has 0 saturated carbocycles. The van der Waals surface area contributed by atoms with Gasteiger partial charge < -0.3 is 69.3 Å². The first-order valence-corrected chi connectivity index (χ1v) is 17.3. The molecule has 6 aliphatic rings. The molecule has 0 aromatic heterocycles. The molecule has 0 aromatic rings. The number of amides is 5. The smallest absolute Gasteiger partial charge is 0.309 e. The maximum Gasteiger partial charge on any atom is 0.309 e. The first kappa shape index (κ1) is 35.4.